The van der Waals surface area contributed by atoms with Gasteiger partial charge in [0.25, 0.3) is 5.91 Å². The number of nitrogens with two attached hydrogens (primary N) is 1. The average molecular weight is 596 g/mol. The lowest BCUT2D eigenvalue weighted by Crippen LogP contribution is -2.32. The first-order valence-electron chi connectivity index (χ1n) is 11.4. The molecule has 0 aliphatic carbocycles. The number of hydrogen-bond acceptors (Lipinski definition) is 8. The third-order valence-electron chi connectivity index (χ3n) is 5.22. The van der Waals surface area contributed by atoms with Crippen LogP contribution in [0.25, 0.3) is 17.2 Å². The van der Waals surface area contributed by atoms with Gasteiger partial charge >= 0.3 is 24.3 Å². The van der Waals surface area contributed by atoms with Crippen LogP contribution >= 0.6 is 0 Å². The molecule has 1 aromatic heterocycles. The van der Waals surface area contributed by atoms with Gasteiger partial charge in [0.15, 0.2) is 11.5 Å². The van der Waals surface area contributed by atoms with Crippen LogP contribution in [0.4, 0.5) is 26.3 Å². The van der Waals surface area contributed by atoms with Gasteiger partial charge in [-0.2, -0.15) is 26.3 Å². The van der Waals surface area contributed by atoms with Gasteiger partial charge in [-0.25, -0.2) is 9.59 Å². The Bertz CT molecular complexity index is 1560. The highest BCUT2D eigenvalue weighted by Crippen LogP contribution is 2.42. The summed E-state index contributed by atoms with van der Waals surface area (Å²) in [5, 5.41) is 19.6. The van der Waals surface area contributed by atoms with E-state index in [4.69, 9.17) is 11.1 Å². The van der Waals surface area contributed by atoms with Gasteiger partial charge in [0.05, 0.1) is 5.56 Å². The monoisotopic (exact) mass is 596 g/mol. The zero-order valence-electron chi connectivity index (χ0n) is 20.8. The number of nitrogens with zero attached hydrogens (tertiary/aromatic N) is 1. The molecule has 0 saturated carbocycles. The number of esters is 2. The number of pyridine rings is 1. The van der Waals surface area contributed by atoms with Crippen molar-refractivity contribution in [3.63, 3.8) is 0 Å². The summed E-state index contributed by atoms with van der Waals surface area (Å²) in [4.78, 5) is 40.0. The summed E-state index contributed by atoms with van der Waals surface area (Å²) in [6, 6.07) is 8.21. The molecule has 0 unspecified atom stereocenters. The van der Waals surface area contributed by atoms with Crippen LogP contribution < -0.4 is 20.5 Å². The number of aromatic hydroxyl groups is 1. The zero-order valence-corrected chi connectivity index (χ0v) is 20.8. The summed E-state index contributed by atoms with van der Waals surface area (Å²) in [5.74, 6) is -10.2. The topological polar surface area (TPSA) is 165 Å². The van der Waals surface area contributed by atoms with Crippen molar-refractivity contribution in [2.45, 2.75) is 12.4 Å². The van der Waals surface area contributed by atoms with Gasteiger partial charge in [-0.15, -0.1) is 0 Å². The Kier molecular flexibility index (Phi) is 9.19. The Morgan fingerprint density at radius 3 is 2.10 bits per heavy atom. The number of ether oxygens (including phenoxy) is 2. The van der Waals surface area contributed by atoms with Crippen LogP contribution in [0.3, 0.4) is 0 Å². The number of nitrogen functional groups attached to an aromatic ring is 1. The first-order valence-corrected chi connectivity index (χ1v) is 11.4. The molecule has 0 aliphatic heterocycles. The number of phenols is 1. The first kappa shape index (κ1) is 31.1. The molecule has 0 radical (unpaired) electrons. The predicted octanol–water partition coefficient (Wildman–Crippen LogP) is 4.12. The molecule has 0 bridgehead atoms. The van der Waals surface area contributed by atoms with Crippen LogP contribution in [0.1, 0.15) is 21.5 Å². The van der Waals surface area contributed by atoms with Crippen LogP contribution in [0.15, 0.2) is 60.9 Å². The van der Waals surface area contributed by atoms with Gasteiger partial charge in [-0.1, -0.05) is 12.2 Å². The molecule has 3 rings (SSSR count). The Morgan fingerprint density at radius 1 is 0.929 bits per heavy atom. The number of amides is 1. The van der Waals surface area contributed by atoms with E-state index in [2.05, 4.69) is 19.8 Å². The largest absolute Gasteiger partial charge is 0.507 e. The van der Waals surface area contributed by atoms with E-state index in [1.165, 1.54) is 54.9 Å². The Labute approximate surface area is 231 Å². The van der Waals surface area contributed by atoms with E-state index in [1.807, 2.05) is 0 Å². The minimum atomic E-state index is -5.65. The van der Waals surface area contributed by atoms with Gasteiger partial charge in [-0.05, 0) is 48.0 Å². The number of benzene rings is 2. The lowest BCUT2D eigenvalue weighted by Gasteiger charge is -2.19. The van der Waals surface area contributed by atoms with Gasteiger partial charge in [0, 0.05) is 35.6 Å². The summed E-state index contributed by atoms with van der Waals surface area (Å²) in [5.41, 5.74) is 4.52. The predicted molar refractivity (Wildman–Crippen MR) is 134 cm³/mol. The summed E-state index contributed by atoms with van der Waals surface area (Å²) >= 11 is 0. The molecule has 220 valence electrons. The molecule has 0 aliphatic rings. The molecule has 16 heteroatoms. The molecule has 42 heavy (non-hydrogen) atoms. The van der Waals surface area contributed by atoms with Crippen molar-refractivity contribution < 1.29 is 55.3 Å². The van der Waals surface area contributed by atoms with Gasteiger partial charge in [0.1, 0.15) is 11.6 Å². The normalized spacial score (nSPS) is 11.7. The number of carbonyl (C=O) groups is 3. The minimum absolute atomic E-state index is 0.0122. The number of amidine groups is 1. The fraction of sp³-hybridized carbons (Fsp3) is 0.115. The highest BCUT2D eigenvalue weighted by atomic mass is 19.4. The van der Waals surface area contributed by atoms with E-state index in [0.29, 0.717) is 0 Å². The van der Waals surface area contributed by atoms with E-state index in [9.17, 15) is 45.8 Å². The van der Waals surface area contributed by atoms with Gasteiger partial charge in [-0.3, -0.25) is 15.2 Å². The van der Waals surface area contributed by atoms with Gasteiger partial charge in [0.2, 0.25) is 0 Å². The van der Waals surface area contributed by atoms with Crippen molar-refractivity contribution in [2.24, 2.45) is 5.73 Å². The number of rotatable bonds is 8. The minimum Gasteiger partial charge on any atom is -0.507 e. The molecular formula is C26H18F6N4O6. The summed E-state index contributed by atoms with van der Waals surface area (Å²) in [6.45, 7) is -0.362. The average Bonchev–Trinajstić information content (AvgIpc) is 2.91. The van der Waals surface area contributed by atoms with Crippen molar-refractivity contribution in [2.75, 3.05) is 6.54 Å². The van der Waals surface area contributed by atoms with E-state index in [0.717, 1.165) is 12.1 Å². The smallest absolute Gasteiger partial charge is 0.491 e. The third kappa shape index (κ3) is 7.61. The zero-order chi connectivity index (χ0) is 31.2. The number of hydrogen-bond donors (Lipinski definition) is 4. The van der Waals surface area contributed by atoms with Crippen molar-refractivity contribution in [1.29, 1.82) is 5.41 Å². The number of nitrogens with one attached hydrogen (secondary N) is 2. The first-order chi connectivity index (χ1) is 19.6. The maximum atomic E-state index is 13.1. The summed E-state index contributed by atoms with van der Waals surface area (Å²) < 4.78 is 87.0. The van der Waals surface area contributed by atoms with Crippen molar-refractivity contribution >= 4 is 29.8 Å². The molecule has 0 spiro atoms. The molecule has 0 atom stereocenters. The molecule has 5 N–H and O–H groups in total. The second-order valence-corrected chi connectivity index (χ2v) is 8.13. The Morgan fingerprint density at radius 2 is 1.52 bits per heavy atom. The SMILES string of the molecule is N=C(N)c1ccc(O)c(/C=C/CNC(=O)c2ccc(-c3ccncc3)c(OC(=O)C(F)(F)F)c2OC(=O)C(F)(F)F)c1. The van der Waals surface area contributed by atoms with Crippen molar-refractivity contribution in [3.8, 4) is 28.4 Å². The van der Waals surface area contributed by atoms with Crippen molar-refractivity contribution in [1.82, 2.24) is 10.3 Å². The fourth-order valence-electron chi connectivity index (χ4n) is 3.29. The summed E-state index contributed by atoms with van der Waals surface area (Å²) in [7, 11) is 0. The quantitative estimate of drug-likeness (QED) is 0.0992. The fourth-order valence-corrected chi connectivity index (χ4v) is 3.29. The van der Waals surface area contributed by atoms with Crippen LogP contribution in [-0.2, 0) is 9.59 Å². The maximum absolute atomic E-state index is 13.1. The number of alkyl halides is 6. The van der Waals surface area contributed by atoms with Crippen LogP contribution in [0, 0.1) is 5.41 Å². The second-order valence-electron chi connectivity index (χ2n) is 8.13. The lowest BCUT2D eigenvalue weighted by atomic mass is 10.0. The molecular weight excluding hydrogens is 578 g/mol. The molecule has 1 heterocycles. The third-order valence-corrected chi connectivity index (χ3v) is 5.22. The van der Waals surface area contributed by atoms with E-state index < -0.39 is 52.8 Å². The van der Waals surface area contributed by atoms with Crippen molar-refractivity contribution in [3.05, 3.63) is 77.6 Å². The highest BCUT2D eigenvalue weighted by molar-refractivity contribution is 6.01. The second kappa shape index (κ2) is 12.4. The molecule has 3 aromatic rings. The van der Waals surface area contributed by atoms with E-state index in [-0.39, 0.29) is 34.8 Å². The number of carbonyl (C=O) groups excluding carboxylic acids is 3. The van der Waals surface area contributed by atoms with Gasteiger partial charge < -0.3 is 25.6 Å². The molecule has 0 fully saturated rings. The van der Waals surface area contributed by atoms with Crippen LogP contribution in [-0.4, -0.2) is 52.7 Å². The summed E-state index contributed by atoms with van der Waals surface area (Å²) in [6.07, 6.45) is -6.35. The highest BCUT2D eigenvalue weighted by Gasteiger charge is 2.45. The maximum Gasteiger partial charge on any atom is 0.491 e. The van der Waals surface area contributed by atoms with E-state index in [1.54, 1.807) is 0 Å². The van der Waals surface area contributed by atoms with Crippen LogP contribution in [0.5, 0.6) is 17.2 Å². The lowest BCUT2D eigenvalue weighted by molar-refractivity contribution is -0.191. The molecule has 0 saturated heterocycles. The molecule has 2 aromatic carbocycles. The number of halogens is 6. The Balaban J connectivity index is 2.04. The van der Waals surface area contributed by atoms with E-state index >= 15 is 0 Å². The van der Waals surface area contributed by atoms with Crippen LogP contribution in [0.2, 0.25) is 0 Å². The Hall–Kier alpha value is -5.41. The number of aromatic nitrogens is 1. The molecule has 1 amide bonds. The number of phenolic OH excluding ortho intramolecular Hbond substituents is 1. The standard InChI is InChI=1S/C26H18F6N4O6/c27-25(28,29)23(39)41-19-16(13-7-10-35-11-8-13)4-5-17(20(19)42-24(40)26(30,31)32)22(38)36-9-1-2-14-12-15(21(33)34)3-6-18(14)37/h1-8,10-12,37H,9H2,(H3,33,34)(H,36,38)/b2-1+. The molecule has 10 nitrogen and oxygen atoms in total.